The maximum atomic E-state index is 6.01. The first-order valence-electron chi connectivity index (χ1n) is 5.86. The molecule has 0 aliphatic heterocycles. The van der Waals surface area contributed by atoms with E-state index >= 15 is 0 Å². The third-order valence-corrected chi connectivity index (χ3v) is 3.90. The van der Waals surface area contributed by atoms with E-state index in [9.17, 15) is 0 Å². The van der Waals surface area contributed by atoms with E-state index in [1.165, 1.54) is 11.1 Å². The van der Waals surface area contributed by atoms with Gasteiger partial charge in [-0.3, -0.25) is 0 Å². The van der Waals surface area contributed by atoms with E-state index in [1.807, 2.05) is 24.4 Å². The second-order valence-corrected chi connectivity index (χ2v) is 5.78. The lowest BCUT2D eigenvalue weighted by atomic mass is 10.1. The van der Waals surface area contributed by atoms with Crippen molar-refractivity contribution in [3.8, 4) is 0 Å². The lowest BCUT2D eigenvalue weighted by molar-refractivity contribution is 0.773. The number of pyridine rings is 1. The lowest BCUT2D eigenvalue weighted by Gasteiger charge is -2.12. The molecule has 1 aromatic carbocycles. The van der Waals surface area contributed by atoms with Crippen LogP contribution in [0.4, 0.5) is 5.69 Å². The van der Waals surface area contributed by atoms with Crippen LogP contribution in [0.15, 0.2) is 41.1 Å². The fourth-order valence-electron chi connectivity index (χ4n) is 2.39. The molecular weight excluding hydrogens is 312 g/mol. The molecule has 0 saturated heterocycles. The minimum absolute atomic E-state index is 0.432. The molecule has 1 aliphatic carbocycles. The largest absolute Gasteiger partial charge is 0.380 e. The van der Waals surface area contributed by atoms with Gasteiger partial charge in [-0.25, -0.2) is 4.98 Å². The highest BCUT2D eigenvalue weighted by Gasteiger charge is 2.21. The number of hydrogen-bond acceptors (Lipinski definition) is 2. The molecule has 0 bridgehead atoms. The third-order valence-electron chi connectivity index (χ3n) is 3.20. The van der Waals surface area contributed by atoms with Crippen LogP contribution in [0.5, 0.6) is 0 Å². The lowest BCUT2D eigenvalue weighted by Crippen LogP contribution is -2.19. The van der Waals surface area contributed by atoms with E-state index in [0.717, 1.165) is 28.2 Å². The van der Waals surface area contributed by atoms with Crippen molar-refractivity contribution < 1.29 is 0 Å². The Labute approximate surface area is 120 Å². The van der Waals surface area contributed by atoms with Crippen LogP contribution in [0.25, 0.3) is 0 Å². The Morgan fingerprint density at radius 1 is 1.17 bits per heavy atom. The average Bonchev–Trinajstić information content (AvgIpc) is 2.73. The average molecular weight is 324 g/mol. The molecule has 1 heterocycles. The molecule has 0 spiro atoms. The molecule has 1 unspecified atom stereocenters. The van der Waals surface area contributed by atoms with E-state index in [-0.39, 0.29) is 0 Å². The number of fused-ring (bicyclic) bond motifs is 1. The van der Waals surface area contributed by atoms with Gasteiger partial charge < -0.3 is 5.32 Å². The van der Waals surface area contributed by atoms with E-state index in [4.69, 9.17) is 11.6 Å². The topological polar surface area (TPSA) is 24.9 Å². The number of rotatable bonds is 2. The Bertz CT molecular complexity index is 569. The monoisotopic (exact) mass is 322 g/mol. The summed E-state index contributed by atoms with van der Waals surface area (Å²) in [5.74, 6) is 0. The predicted molar refractivity (Wildman–Crippen MR) is 78.2 cm³/mol. The minimum Gasteiger partial charge on any atom is -0.380 e. The minimum atomic E-state index is 0.432. The zero-order valence-electron chi connectivity index (χ0n) is 9.66. The molecule has 1 N–H and O–H groups in total. The van der Waals surface area contributed by atoms with Gasteiger partial charge in [-0.15, -0.1) is 0 Å². The molecule has 1 aromatic heterocycles. The van der Waals surface area contributed by atoms with Gasteiger partial charge in [0.15, 0.2) is 0 Å². The van der Waals surface area contributed by atoms with Crippen molar-refractivity contribution in [2.24, 2.45) is 0 Å². The first kappa shape index (κ1) is 12.0. The molecule has 2 aromatic rings. The molecule has 2 nitrogen and oxygen atoms in total. The molecule has 1 aliphatic rings. The van der Waals surface area contributed by atoms with Crippen molar-refractivity contribution in [2.75, 3.05) is 5.32 Å². The van der Waals surface area contributed by atoms with Crippen LogP contribution in [0, 0.1) is 0 Å². The molecule has 0 amide bonds. The SMILES string of the molecule is Clc1ccc2c(c1)CC(Nc1ccc(Br)nc1)C2. The number of nitrogens with one attached hydrogen (secondary N) is 1. The van der Waals surface area contributed by atoms with Crippen molar-refractivity contribution in [1.82, 2.24) is 4.98 Å². The number of benzene rings is 1. The summed E-state index contributed by atoms with van der Waals surface area (Å²) in [5, 5.41) is 4.33. The predicted octanol–water partition coefficient (Wildman–Crippen LogP) is 4.08. The highest BCUT2D eigenvalue weighted by Crippen LogP contribution is 2.27. The number of hydrogen-bond donors (Lipinski definition) is 1. The van der Waals surface area contributed by atoms with E-state index < -0.39 is 0 Å². The molecule has 18 heavy (non-hydrogen) atoms. The fraction of sp³-hybridized carbons (Fsp3) is 0.214. The van der Waals surface area contributed by atoms with Gasteiger partial charge in [0.05, 0.1) is 11.9 Å². The van der Waals surface area contributed by atoms with Gasteiger partial charge in [0, 0.05) is 11.1 Å². The summed E-state index contributed by atoms with van der Waals surface area (Å²) in [7, 11) is 0. The van der Waals surface area contributed by atoms with Gasteiger partial charge >= 0.3 is 0 Å². The van der Waals surface area contributed by atoms with Crippen molar-refractivity contribution in [1.29, 1.82) is 0 Å². The fourth-order valence-corrected chi connectivity index (χ4v) is 2.81. The van der Waals surface area contributed by atoms with Gasteiger partial charge in [-0.1, -0.05) is 17.7 Å². The smallest absolute Gasteiger partial charge is 0.106 e. The molecule has 92 valence electrons. The Hall–Kier alpha value is -1.06. The second kappa shape index (κ2) is 4.90. The number of aromatic nitrogens is 1. The van der Waals surface area contributed by atoms with E-state index in [2.05, 4.69) is 38.4 Å². The molecule has 1 atom stereocenters. The second-order valence-electron chi connectivity index (χ2n) is 4.53. The van der Waals surface area contributed by atoms with Crippen molar-refractivity contribution >= 4 is 33.2 Å². The Morgan fingerprint density at radius 3 is 2.78 bits per heavy atom. The van der Waals surface area contributed by atoms with Crippen LogP contribution in [0.3, 0.4) is 0 Å². The van der Waals surface area contributed by atoms with Gasteiger partial charge in [-0.2, -0.15) is 0 Å². The summed E-state index contributed by atoms with van der Waals surface area (Å²) in [4.78, 5) is 4.22. The first-order chi connectivity index (χ1) is 8.70. The zero-order valence-corrected chi connectivity index (χ0v) is 12.0. The molecular formula is C14H12BrClN2. The van der Waals surface area contributed by atoms with Crippen molar-refractivity contribution in [3.63, 3.8) is 0 Å². The van der Waals surface area contributed by atoms with Gasteiger partial charge in [0.25, 0.3) is 0 Å². The van der Waals surface area contributed by atoms with Crippen LogP contribution in [-0.2, 0) is 12.8 Å². The summed E-state index contributed by atoms with van der Waals surface area (Å²) >= 11 is 9.35. The molecule has 0 saturated carbocycles. The summed E-state index contributed by atoms with van der Waals surface area (Å²) in [6.45, 7) is 0. The van der Waals surface area contributed by atoms with Crippen LogP contribution in [-0.4, -0.2) is 11.0 Å². The highest BCUT2D eigenvalue weighted by molar-refractivity contribution is 9.10. The van der Waals surface area contributed by atoms with E-state index in [1.54, 1.807) is 0 Å². The highest BCUT2D eigenvalue weighted by atomic mass is 79.9. The number of nitrogens with zero attached hydrogens (tertiary/aromatic N) is 1. The molecule has 3 rings (SSSR count). The van der Waals surface area contributed by atoms with Gasteiger partial charge in [0.1, 0.15) is 4.60 Å². The van der Waals surface area contributed by atoms with Crippen LogP contribution in [0.1, 0.15) is 11.1 Å². The molecule has 0 radical (unpaired) electrons. The summed E-state index contributed by atoms with van der Waals surface area (Å²) < 4.78 is 0.856. The first-order valence-corrected chi connectivity index (χ1v) is 7.03. The zero-order chi connectivity index (χ0) is 12.5. The van der Waals surface area contributed by atoms with Crippen LogP contribution < -0.4 is 5.32 Å². The maximum Gasteiger partial charge on any atom is 0.106 e. The number of anilines is 1. The Morgan fingerprint density at radius 2 is 2.00 bits per heavy atom. The normalized spacial score (nSPS) is 17.6. The third kappa shape index (κ3) is 2.52. The van der Waals surface area contributed by atoms with Gasteiger partial charge in [-0.05, 0) is 64.2 Å². The summed E-state index contributed by atoms with van der Waals surface area (Å²) in [5.41, 5.74) is 3.80. The van der Waals surface area contributed by atoms with E-state index in [0.29, 0.717) is 6.04 Å². The number of halogens is 2. The van der Waals surface area contributed by atoms with Crippen molar-refractivity contribution in [2.45, 2.75) is 18.9 Å². The summed E-state index contributed by atoms with van der Waals surface area (Å²) in [6.07, 6.45) is 3.91. The Balaban J connectivity index is 1.72. The molecule has 0 fully saturated rings. The van der Waals surface area contributed by atoms with Crippen molar-refractivity contribution in [3.05, 3.63) is 57.3 Å². The van der Waals surface area contributed by atoms with Crippen LogP contribution in [0.2, 0.25) is 5.02 Å². The standard InChI is InChI=1S/C14H12BrClN2/c15-14-4-3-12(8-17-14)18-13-6-9-1-2-11(16)5-10(9)7-13/h1-5,8,13,18H,6-7H2. The quantitative estimate of drug-likeness (QED) is 0.843. The Kier molecular flexibility index (Phi) is 3.27. The summed E-state index contributed by atoms with van der Waals surface area (Å²) in [6, 6.07) is 10.6. The molecule has 4 heteroatoms. The maximum absolute atomic E-state index is 6.01. The van der Waals surface area contributed by atoms with Crippen LogP contribution >= 0.6 is 27.5 Å². The van der Waals surface area contributed by atoms with Gasteiger partial charge in [0.2, 0.25) is 0 Å².